The third kappa shape index (κ3) is 3.09. The molecule has 0 amide bonds. The molecule has 0 spiro atoms. The molecule has 1 aromatic carbocycles. The highest BCUT2D eigenvalue weighted by atomic mass is 79.9. The van der Waals surface area contributed by atoms with Gasteiger partial charge in [-0.25, -0.2) is 0 Å². The number of nitrogens with one attached hydrogen (secondary N) is 1. The molecule has 2 N–H and O–H groups in total. The minimum Gasteiger partial charge on any atom is -0.488 e. The summed E-state index contributed by atoms with van der Waals surface area (Å²) in [5.41, 5.74) is -1.14. The highest BCUT2D eigenvalue weighted by molar-refractivity contribution is 9.10. The van der Waals surface area contributed by atoms with Crippen LogP contribution in [0.4, 0.5) is 5.69 Å². The quantitative estimate of drug-likeness (QED) is 0.659. The molecule has 0 atom stereocenters. The van der Waals surface area contributed by atoms with Gasteiger partial charge in [-0.1, -0.05) is 34.1 Å². The summed E-state index contributed by atoms with van der Waals surface area (Å²) in [5.74, 6) is -0.884. The molecule has 0 radical (unpaired) electrons. The van der Waals surface area contributed by atoms with Crippen LogP contribution in [0.15, 0.2) is 33.5 Å². The lowest BCUT2D eigenvalue weighted by Crippen LogP contribution is -2.14. The van der Waals surface area contributed by atoms with E-state index in [1.807, 2.05) is 24.3 Å². The lowest BCUT2D eigenvalue weighted by atomic mass is 10.2. The number of hydrogen-bond acceptors (Lipinski definition) is 5. The van der Waals surface area contributed by atoms with Crippen LogP contribution in [0.2, 0.25) is 0 Å². The Labute approximate surface area is 120 Å². The zero-order chi connectivity index (χ0) is 14.7. The second kappa shape index (κ2) is 5.66. The number of benzene rings is 1. The minimum absolute atomic E-state index is 0.0260. The van der Waals surface area contributed by atoms with Crippen molar-refractivity contribution in [2.75, 3.05) is 0 Å². The van der Waals surface area contributed by atoms with Gasteiger partial charge in [-0.3, -0.25) is 14.9 Å². The molecule has 1 heterocycles. The molecule has 0 fully saturated rings. The summed E-state index contributed by atoms with van der Waals surface area (Å²) in [5, 5.41) is 19.9. The summed E-state index contributed by atoms with van der Waals surface area (Å²) in [6.07, 6.45) is 3.08. The third-order valence-corrected chi connectivity index (χ3v) is 2.85. The Morgan fingerprint density at radius 3 is 2.75 bits per heavy atom. The second-order valence-corrected chi connectivity index (χ2v) is 4.68. The maximum Gasteiger partial charge on any atom is 0.395 e. The number of nitrogens with zero attached hydrogens (tertiary/aromatic N) is 2. The van der Waals surface area contributed by atoms with Crippen LogP contribution in [0.1, 0.15) is 11.4 Å². The van der Waals surface area contributed by atoms with Gasteiger partial charge in [0, 0.05) is 4.47 Å². The van der Waals surface area contributed by atoms with Crippen molar-refractivity contribution in [3.05, 3.63) is 60.6 Å². The predicted octanol–water partition coefficient (Wildman–Crippen LogP) is 2.32. The largest absolute Gasteiger partial charge is 0.488 e. The third-order valence-electron chi connectivity index (χ3n) is 2.36. The Morgan fingerprint density at radius 1 is 1.40 bits per heavy atom. The SMILES string of the molecule is O=c1[nH]c(C=Cc2cccc(Br)c2)nc(O)c1[N+](=O)[O-]. The first-order chi connectivity index (χ1) is 9.47. The van der Waals surface area contributed by atoms with Crippen molar-refractivity contribution in [1.82, 2.24) is 9.97 Å². The van der Waals surface area contributed by atoms with Crippen molar-refractivity contribution in [2.45, 2.75) is 0 Å². The van der Waals surface area contributed by atoms with Crippen LogP contribution in [0.25, 0.3) is 12.2 Å². The van der Waals surface area contributed by atoms with Crippen LogP contribution in [0, 0.1) is 10.1 Å². The van der Waals surface area contributed by atoms with Gasteiger partial charge in [-0.05, 0) is 23.8 Å². The summed E-state index contributed by atoms with van der Waals surface area (Å²) in [7, 11) is 0. The topological polar surface area (TPSA) is 109 Å². The van der Waals surface area contributed by atoms with E-state index in [4.69, 9.17) is 0 Å². The van der Waals surface area contributed by atoms with Crippen LogP contribution < -0.4 is 5.56 Å². The molecule has 0 aliphatic rings. The molecule has 2 rings (SSSR count). The van der Waals surface area contributed by atoms with Crippen molar-refractivity contribution in [1.29, 1.82) is 0 Å². The first-order valence-electron chi connectivity index (χ1n) is 5.38. The van der Waals surface area contributed by atoms with E-state index in [0.717, 1.165) is 10.0 Å². The lowest BCUT2D eigenvalue weighted by Gasteiger charge is -1.97. The highest BCUT2D eigenvalue weighted by Crippen LogP contribution is 2.18. The number of aromatic hydroxyl groups is 1. The van der Waals surface area contributed by atoms with E-state index in [2.05, 4.69) is 25.9 Å². The molecule has 0 saturated carbocycles. The summed E-state index contributed by atoms with van der Waals surface area (Å²) >= 11 is 3.31. The van der Waals surface area contributed by atoms with Gasteiger partial charge in [-0.2, -0.15) is 4.98 Å². The van der Waals surface area contributed by atoms with Crippen LogP contribution in [0.5, 0.6) is 5.88 Å². The van der Waals surface area contributed by atoms with E-state index in [0.29, 0.717) is 0 Å². The second-order valence-electron chi connectivity index (χ2n) is 3.77. The molecular formula is C12H8BrN3O4. The van der Waals surface area contributed by atoms with Crippen molar-refractivity contribution in [3.63, 3.8) is 0 Å². The van der Waals surface area contributed by atoms with Gasteiger partial charge in [0.1, 0.15) is 5.82 Å². The molecule has 0 unspecified atom stereocenters. The van der Waals surface area contributed by atoms with Gasteiger partial charge in [0.25, 0.3) is 5.88 Å². The number of hydrogen-bond donors (Lipinski definition) is 2. The minimum atomic E-state index is -1.00. The lowest BCUT2D eigenvalue weighted by molar-refractivity contribution is -0.387. The Bertz CT molecular complexity index is 755. The number of H-pyrrole nitrogens is 1. The van der Waals surface area contributed by atoms with E-state index in [-0.39, 0.29) is 5.82 Å². The van der Waals surface area contributed by atoms with Gasteiger partial charge in [0.05, 0.1) is 4.92 Å². The summed E-state index contributed by atoms with van der Waals surface area (Å²) in [6.45, 7) is 0. The molecule has 2 aromatic rings. The monoisotopic (exact) mass is 337 g/mol. The first-order valence-corrected chi connectivity index (χ1v) is 6.18. The van der Waals surface area contributed by atoms with E-state index in [1.165, 1.54) is 6.08 Å². The first kappa shape index (κ1) is 13.9. The number of nitro groups is 1. The van der Waals surface area contributed by atoms with Gasteiger partial charge in [0.2, 0.25) is 0 Å². The van der Waals surface area contributed by atoms with Gasteiger partial charge >= 0.3 is 11.2 Å². The zero-order valence-corrected chi connectivity index (χ0v) is 11.5. The molecule has 1 aromatic heterocycles. The molecule has 0 bridgehead atoms. The smallest absolute Gasteiger partial charge is 0.395 e. The summed E-state index contributed by atoms with van der Waals surface area (Å²) in [6, 6.07) is 7.34. The molecular weight excluding hydrogens is 330 g/mol. The van der Waals surface area contributed by atoms with Crippen molar-refractivity contribution < 1.29 is 10.0 Å². The zero-order valence-electron chi connectivity index (χ0n) is 9.91. The van der Waals surface area contributed by atoms with Crippen LogP contribution >= 0.6 is 15.9 Å². The van der Waals surface area contributed by atoms with E-state index < -0.39 is 22.0 Å². The number of aromatic nitrogens is 2. The van der Waals surface area contributed by atoms with Crippen LogP contribution in [-0.4, -0.2) is 20.0 Å². The molecule has 102 valence electrons. The fourth-order valence-corrected chi connectivity index (χ4v) is 1.92. The van der Waals surface area contributed by atoms with E-state index in [9.17, 15) is 20.0 Å². The normalized spacial score (nSPS) is 10.8. The van der Waals surface area contributed by atoms with Crippen molar-refractivity contribution >= 4 is 33.8 Å². The van der Waals surface area contributed by atoms with Gasteiger partial charge < -0.3 is 10.1 Å². The molecule has 0 aliphatic heterocycles. The van der Waals surface area contributed by atoms with Gasteiger partial charge in [-0.15, -0.1) is 0 Å². The maximum atomic E-state index is 11.4. The predicted molar refractivity (Wildman–Crippen MR) is 76.2 cm³/mol. The Balaban J connectivity index is 2.36. The Hall–Kier alpha value is -2.48. The van der Waals surface area contributed by atoms with Gasteiger partial charge in [0.15, 0.2) is 0 Å². The number of halogens is 1. The fraction of sp³-hybridized carbons (Fsp3) is 0. The molecule has 20 heavy (non-hydrogen) atoms. The van der Waals surface area contributed by atoms with Crippen LogP contribution in [0.3, 0.4) is 0 Å². The Kier molecular flexibility index (Phi) is 3.94. The highest BCUT2D eigenvalue weighted by Gasteiger charge is 2.21. The maximum absolute atomic E-state index is 11.4. The summed E-state index contributed by atoms with van der Waals surface area (Å²) < 4.78 is 0.882. The van der Waals surface area contributed by atoms with Crippen molar-refractivity contribution in [3.8, 4) is 5.88 Å². The molecule has 8 heteroatoms. The van der Waals surface area contributed by atoms with E-state index in [1.54, 1.807) is 6.08 Å². The molecule has 0 aliphatic carbocycles. The average Bonchev–Trinajstić information content (AvgIpc) is 2.35. The molecule has 7 nitrogen and oxygen atoms in total. The van der Waals surface area contributed by atoms with Crippen molar-refractivity contribution in [2.24, 2.45) is 0 Å². The Morgan fingerprint density at radius 2 is 2.15 bits per heavy atom. The number of aromatic amines is 1. The fourth-order valence-electron chi connectivity index (χ4n) is 1.50. The van der Waals surface area contributed by atoms with E-state index >= 15 is 0 Å². The average molecular weight is 338 g/mol. The summed E-state index contributed by atoms with van der Waals surface area (Å²) in [4.78, 5) is 26.7. The van der Waals surface area contributed by atoms with Crippen LogP contribution in [-0.2, 0) is 0 Å². The molecule has 0 saturated heterocycles. The number of rotatable bonds is 3. The standard InChI is InChI=1S/C12H8BrN3O4/c13-8-3-1-2-7(6-8)4-5-9-14-11(17)10(16(19)20)12(18)15-9/h1-6H,(H2,14,15,17,18).